The first-order valence-corrected chi connectivity index (χ1v) is 11.1. The highest BCUT2D eigenvalue weighted by Gasteiger charge is 2.28. The van der Waals surface area contributed by atoms with E-state index in [0.29, 0.717) is 26.2 Å². The van der Waals surface area contributed by atoms with Gasteiger partial charge in [0.2, 0.25) is 10.0 Å². The van der Waals surface area contributed by atoms with Gasteiger partial charge in [-0.1, -0.05) is 12.8 Å². The molecule has 7 nitrogen and oxygen atoms in total. The second kappa shape index (κ2) is 11.7. The Morgan fingerprint density at radius 3 is 2.42 bits per heavy atom. The molecule has 26 heavy (non-hydrogen) atoms. The molecule has 0 bridgehead atoms. The molecule has 2 fully saturated rings. The largest absolute Gasteiger partial charge is 0.378 e. The van der Waals surface area contributed by atoms with Crippen molar-refractivity contribution < 1.29 is 13.2 Å². The molecule has 1 aliphatic heterocycles. The smallest absolute Gasteiger partial charge is 0.216 e. The molecule has 1 aliphatic carbocycles. The zero-order valence-corrected chi connectivity index (χ0v) is 19.5. The van der Waals surface area contributed by atoms with E-state index in [1.165, 1.54) is 25.7 Å². The molecule has 1 saturated carbocycles. The number of nitrogens with one attached hydrogen (secondary N) is 1. The molecule has 9 heteroatoms. The number of hydrogen-bond acceptors (Lipinski definition) is 4. The van der Waals surface area contributed by atoms with Crippen LogP contribution in [0.2, 0.25) is 0 Å². The van der Waals surface area contributed by atoms with Crippen LogP contribution in [0.15, 0.2) is 4.99 Å². The fourth-order valence-electron chi connectivity index (χ4n) is 3.03. The number of guanidine groups is 1. The van der Waals surface area contributed by atoms with Crippen LogP contribution >= 0.6 is 24.0 Å². The summed E-state index contributed by atoms with van der Waals surface area (Å²) in [7, 11) is -1.45. The van der Waals surface area contributed by atoms with Crippen molar-refractivity contribution in [2.75, 3.05) is 52.1 Å². The summed E-state index contributed by atoms with van der Waals surface area (Å²) in [6.07, 6.45) is 5.32. The standard InChI is InChI=1S/C17H34N4O3S.HI/c1-15(2)24-13-14-25(22,23)21-11-9-20(10-12-21)17(18-3)19-8-4-5-16-6-7-16;/h15-16H,4-14H2,1-3H3,(H,18,19);1H. The van der Waals surface area contributed by atoms with Crippen molar-refractivity contribution in [3.8, 4) is 0 Å². The maximum Gasteiger partial charge on any atom is 0.216 e. The molecule has 1 N–H and O–H groups in total. The maximum atomic E-state index is 12.4. The molecule has 0 unspecified atom stereocenters. The topological polar surface area (TPSA) is 74.2 Å². The minimum absolute atomic E-state index is 0. The lowest BCUT2D eigenvalue weighted by molar-refractivity contribution is 0.0904. The zero-order chi connectivity index (χ0) is 18.3. The fourth-order valence-corrected chi connectivity index (χ4v) is 4.31. The van der Waals surface area contributed by atoms with E-state index in [-0.39, 0.29) is 42.4 Å². The van der Waals surface area contributed by atoms with Crippen molar-refractivity contribution in [1.29, 1.82) is 0 Å². The lowest BCUT2D eigenvalue weighted by Crippen LogP contribution is -2.54. The average Bonchev–Trinajstić information content (AvgIpc) is 3.39. The summed E-state index contributed by atoms with van der Waals surface area (Å²) in [6.45, 7) is 7.38. The highest BCUT2D eigenvalue weighted by Crippen LogP contribution is 2.33. The Morgan fingerprint density at radius 1 is 1.23 bits per heavy atom. The summed E-state index contributed by atoms with van der Waals surface area (Å²) in [5.41, 5.74) is 0. The summed E-state index contributed by atoms with van der Waals surface area (Å²) in [6, 6.07) is 0. The van der Waals surface area contributed by atoms with Gasteiger partial charge in [-0.15, -0.1) is 24.0 Å². The average molecular weight is 502 g/mol. The van der Waals surface area contributed by atoms with E-state index >= 15 is 0 Å². The number of hydrogen-bond donors (Lipinski definition) is 1. The lowest BCUT2D eigenvalue weighted by Gasteiger charge is -2.35. The SMILES string of the molecule is CN=C(NCCCC1CC1)N1CCN(S(=O)(=O)CCOC(C)C)CC1.I. The van der Waals surface area contributed by atoms with Crippen molar-refractivity contribution >= 4 is 40.0 Å². The van der Waals surface area contributed by atoms with E-state index in [2.05, 4.69) is 15.2 Å². The number of nitrogens with zero attached hydrogens (tertiary/aromatic N) is 3. The molecule has 2 rings (SSSR count). The monoisotopic (exact) mass is 502 g/mol. The van der Waals surface area contributed by atoms with Crippen LogP contribution in [0, 0.1) is 5.92 Å². The van der Waals surface area contributed by atoms with Crippen LogP contribution in [-0.4, -0.2) is 81.8 Å². The van der Waals surface area contributed by atoms with E-state index in [0.717, 1.165) is 18.4 Å². The van der Waals surface area contributed by atoms with Crippen LogP contribution < -0.4 is 5.32 Å². The van der Waals surface area contributed by atoms with E-state index in [9.17, 15) is 8.42 Å². The Balaban J connectivity index is 0.00000338. The van der Waals surface area contributed by atoms with Gasteiger partial charge in [-0.2, -0.15) is 4.31 Å². The first kappa shape index (κ1) is 23.9. The second-order valence-electron chi connectivity index (χ2n) is 7.18. The number of aliphatic imine (C=N–C) groups is 1. The maximum absolute atomic E-state index is 12.4. The molecule has 0 radical (unpaired) electrons. The van der Waals surface area contributed by atoms with Gasteiger partial charge in [-0.05, 0) is 32.6 Å². The second-order valence-corrected chi connectivity index (χ2v) is 9.27. The van der Waals surface area contributed by atoms with Crippen molar-refractivity contribution in [2.24, 2.45) is 10.9 Å². The molecule has 0 aromatic carbocycles. The molecule has 0 spiro atoms. The van der Waals surface area contributed by atoms with Gasteiger partial charge in [0.05, 0.1) is 18.5 Å². The summed E-state index contributed by atoms with van der Waals surface area (Å²) in [4.78, 5) is 6.49. The Bertz CT molecular complexity index is 530. The zero-order valence-electron chi connectivity index (χ0n) is 16.3. The first-order chi connectivity index (χ1) is 11.9. The molecule has 2 aliphatic rings. The van der Waals surface area contributed by atoms with Gasteiger partial charge >= 0.3 is 0 Å². The Hall–Kier alpha value is -0.130. The van der Waals surface area contributed by atoms with Gasteiger partial charge in [0, 0.05) is 39.8 Å². The van der Waals surface area contributed by atoms with Crippen LogP contribution in [0.1, 0.15) is 39.5 Å². The van der Waals surface area contributed by atoms with E-state index in [4.69, 9.17) is 4.74 Å². The summed E-state index contributed by atoms with van der Waals surface area (Å²) in [5.74, 6) is 1.90. The van der Waals surface area contributed by atoms with Crippen molar-refractivity contribution in [1.82, 2.24) is 14.5 Å². The van der Waals surface area contributed by atoms with Crippen LogP contribution in [0.25, 0.3) is 0 Å². The quantitative estimate of drug-likeness (QED) is 0.225. The highest BCUT2D eigenvalue weighted by atomic mass is 127. The van der Waals surface area contributed by atoms with Crippen molar-refractivity contribution in [3.63, 3.8) is 0 Å². The van der Waals surface area contributed by atoms with Gasteiger partial charge < -0.3 is 15.0 Å². The normalized spacial score (nSPS) is 19.5. The van der Waals surface area contributed by atoms with Gasteiger partial charge in [-0.3, -0.25) is 4.99 Å². The Kier molecular flexibility index (Phi) is 10.7. The molecule has 0 aromatic rings. The molecule has 0 aromatic heterocycles. The number of rotatable bonds is 9. The number of ether oxygens (including phenoxy) is 1. The summed E-state index contributed by atoms with van der Waals surface area (Å²) >= 11 is 0. The van der Waals surface area contributed by atoms with E-state index in [1.54, 1.807) is 11.4 Å². The molecule has 1 saturated heterocycles. The predicted molar refractivity (Wildman–Crippen MR) is 117 cm³/mol. The van der Waals surface area contributed by atoms with Crippen LogP contribution in [0.5, 0.6) is 0 Å². The summed E-state index contributed by atoms with van der Waals surface area (Å²) in [5, 5.41) is 3.41. The van der Waals surface area contributed by atoms with Gasteiger partial charge in [0.1, 0.15) is 0 Å². The van der Waals surface area contributed by atoms with Crippen LogP contribution in [-0.2, 0) is 14.8 Å². The van der Waals surface area contributed by atoms with E-state index < -0.39 is 10.0 Å². The number of sulfonamides is 1. The van der Waals surface area contributed by atoms with Gasteiger partial charge in [0.25, 0.3) is 0 Å². The fraction of sp³-hybridized carbons (Fsp3) is 0.941. The Labute approximate surface area is 176 Å². The van der Waals surface area contributed by atoms with Crippen molar-refractivity contribution in [2.45, 2.75) is 45.6 Å². The molecule has 154 valence electrons. The number of piperazine rings is 1. The van der Waals surface area contributed by atoms with Crippen molar-refractivity contribution in [3.05, 3.63) is 0 Å². The third-order valence-electron chi connectivity index (χ3n) is 4.71. The molecule has 0 amide bonds. The predicted octanol–water partition coefficient (Wildman–Crippen LogP) is 1.74. The lowest BCUT2D eigenvalue weighted by atomic mass is 10.2. The minimum Gasteiger partial charge on any atom is -0.378 e. The third-order valence-corrected chi connectivity index (χ3v) is 6.54. The third kappa shape index (κ3) is 8.26. The minimum atomic E-state index is -3.24. The van der Waals surface area contributed by atoms with Gasteiger partial charge in [0.15, 0.2) is 5.96 Å². The van der Waals surface area contributed by atoms with E-state index in [1.807, 2.05) is 13.8 Å². The summed E-state index contributed by atoms with van der Waals surface area (Å²) < 4.78 is 31.7. The number of halogens is 1. The molecular weight excluding hydrogens is 467 g/mol. The van der Waals surface area contributed by atoms with Crippen LogP contribution in [0.3, 0.4) is 0 Å². The molecule has 1 heterocycles. The first-order valence-electron chi connectivity index (χ1n) is 9.47. The highest BCUT2D eigenvalue weighted by molar-refractivity contribution is 14.0. The molecular formula is C17H35IN4O3S. The molecule has 0 atom stereocenters. The van der Waals surface area contributed by atoms with Crippen LogP contribution in [0.4, 0.5) is 0 Å². The van der Waals surface area contributed by atoms with Gasteiger partial charge in [-0.25, -0.2) is 8.42 Å². The Morgan fingerprint density at radius 2 is 1.88 bits per heavy atom.